The molecular weight excluding hydrogens is 330 g/mol. The Bertz CT molecular complexity index is 672. The highest BCUT2D eigenvalue weighted by molar-refractivity contribution is 7.89. The lowest BCUT2D eigenvalue weighted by atomic mass is 10.2. The van der Waals surface area contributed by atoms with Crippen LogP contribution in [0.5, 0.6) is 0 Å². The second-order valence-electron chi connectivity index (χ2n) is 4.66. The highest BCUT2D eigenvalue weighted by atomic mass is 32.2. The van der Waals surface area contributed by atoms with Crippen LogP contribution >= 0.6 is 0 Å². The lowest BCUT2D eigenvalue weighted by Crippen LogP contribution is -2.33. The van der Waals surface area contributed by atoms with Crippen LogP contribution in [0.3, 0.4) is 0 Å². The Balaban J connectivity index is 3.14. The summed E-state index contributed by atoms with van der Waals surface area (Å²) >= 11 is 0. The number of rotatable bonds is 5. The Labute approximate surface area is 124 Å². The van der Waals surface area contributed by atoms with Crippen LogP contribution in [0.15, 0.2) is 23.1 Å². The summed E-state index contributed by atoms with van der Waals surface area (Å²) in [6.07, 6.45) is -4.93. The molecule has 0 radical (unpaired) electrons. The molecule has 1 atom stereocenters. The Kier molecular flexibility index (Phi) is 5.18. The van der Waals surface area contributed by atoms with E-state index in [2.05, 4.69) is 0 Å². The summed E-state index contributed by atoms with van der Waals surface area (Å²) in [4.78, 5) is 10.0. The third-order valence-electron chi connectivity index (χ3n) is 2.91. The van der Waals surface area contributed by atoms with Crippen LogP contribution in [-0.4, -0.2) is 37.4 Å². The van der Waals surface area contributed by atoms with Crippen molar-refractivity contribution in [3.63, 3.8) is 0 Å². The number of carboxylic acids is 1. The van der Waals surface area contributed by atoms with Crippen molar-refractivity contribution in [2.45, 2.75) is 18.0 Å². The molecule has 0 aliphatic carbocycles. The van der Waals surface area contributed by atoms with Gasteiger partial charge in [0, 0.05) is 13.6 Å². The molecular formula is C12H13F4NO4S. The molecule has 1 rings (SSSR count). The van der Waals surface area contributed by atoms with Gasteiger partial charge in [0.1, 0.15) is 5.82 Å². The van der Waals surface area contributed by atoms with E-state index >= 15 is 0 Å². The van der Waals surface area contributed by atoms with E-state index in [0.29, 0.717) is 16.4 Å². The molecule has 1 unspecified atom stereocenters. The first kappa shape index (κ1) is 18.4. The van der Waals surface area contributed by atoms with Crippen molar-refractivity contribution >= 4 is 16.0 Å². The van der Waals surface area contributed by atoms with E-state index in [4.69, 9.17) is 5.11 Å². The number of carboxylic acid groups (broad SMARTS) is 1. The van der Waals surface area contributed by atoms with Gasteiger partial charge in [-0.25, -0.2) is 17.1 Å². The molecule has 0 spiro atoms. The van der Waals surface area contributed by atoms with Crippen molar-refractivity contribution < 1.29 is 35.9 Å². The molecule has 0 fully saturated rings. The highest BCUT2D eigenvalue weighted by Gasteiger charge is 2.35. The maximum Gasteiger partial charge on any atom is 0.419 e. The molecule has 124 valence electrons. The maximum atomic E-state index is 13.4. The summed E-state index contributed by atoms with van der Waals surface area (Å²) in [7, 11) is -3.23. The van der Waals surface area contributed by atoms with Gasteiger partial charge in [-0.1, -0.05) is 6.92 Å². The average molecular weight is 343 g/mol. The van der Waals surface area contributed by atoms with Crippen molar-refractivity contribution in [1.29, 1.82) is 0 Å². The fraction of sp³-hybridized carbons (Fsp3) is 0.417. The smallest absolute Gasteiger partial charge is 0.419 e. The second kappa shape index (κ2) is 6.21. The maximum absolute atomic E-state index is 13.4. The summed E-state index contributed by atoms with van der Waals surface area (Å²) in [5, 5.41) is 8.73. The van der Waals surface area contributed by atoms with Crippen LogP contribution in [-0.2, 0) is 21.0 Å². The fourth-order valence-electron chi connectivity index (χ4n) is 1.63. The molecule has 0 aliphatic rings. The van der Waals surface area contributed by atoms with Crippen LogP contribution in [0.4, 0.5) is 17.6 Å². The van der Waals surface area contributed by atoms with Gasteiger partial charge in [-0.05, 0) is 18.2 Å². The molecule has 0 amide bonds. The number of carbonyl (C=O) groups is 1. The molecule has 0 bridgehead atoms. The van der Waals surface area contributed by atoms with Gasteiger partial charge in [0.05, 0.1) is 16.4 Å². The van der Waals surface area contributed by atoms with Crippen LogP contribution in [0.2, 0.25) is 0 Å². The topological polar surface area (TPSA) is 74.7 Å². The van der Waals surface area contributed by atoms with Gasteiger partial charge in [0.2, 0.25) is 10.0 Å². The van der Waals surface area contributed by atoms with E-state index in [1.165, 1.54) is 6.92 Å². The van der Waals surface area contributed by atoms with E-state index in [1.54, 1.807) is 0 Å². The fourth-order valence-corrected chi connectivity index (χ4v) is 2.90. The molecule has 1 aromatic carbocycles. The van der Waals surface area contributed by atoms with Gasteiger partial charge in [0.25, 0.3) is 0 Å². The summed E-state index contributed by atoms with van der Waals surface area (Å²) in [5.41, 5.74) is -1.58. The minimum atomic E-state index is -4.93. The van der Waals surface area contributed by atoms with Crippen molar-refractivity contribution in [2.24, 2.45) is 5.92 Å². The lowest BCUT2D eigenvalue weighted by molar-refractivity contribution is -0.141. The number of alkyl halides is 3. The van der Waals surface area contributed by atoms with E-state index < -0.39 is 50.9 Å². The summed E-state index contributed by atoms with van der Waals surface area (Å²) in [5.74, 6) is -3.98. The van der Waals surface area contributed by atoms with Gasteiger partial charge in [0.15, 0.2) is 0 Å². The van der Waals surface area contributed by atoms with E-state index in [9.17, 15) is 30.8 Å². The first-order valence-electron chi connectivity index (χ1n) is 5.93. The Morgan fingerprint density at radius 1 is 1.36 bits per heavy atom. The van der Waals surface area contributed by atoms with E-state index in [-0.39, 0.29) is 6.07 Å². The molecule has 0 saturated heterocycles. The number of aliphatic carboxylic acids is 1. The zero-order valence-corrected chi connectivity index (χ0v) is 12.4. The van der Waals surface area contributed by atoms with E-state index in [0.717, 1.165) is 7.05 Å². The lowest BCUT2D eigenvalue weighted by Gasteiger charge is -2.19. The number of nitrogens with zero attached hydrogens (tertiary/aromatic N) is 1. The summed E-state index contributed by atoms with van der Waals surface area (Å²) in [6.45, 7) is 0.863. The molecule has 0 aliphatic heterocycles. The van der Waals surface area contributed by atoms with Gasteiger partial charge in [-0.2, -0.15) is 13.2 Å². The standard InChI is InChI=1S/C12H13F4NO4S/c1-7(11(18)19)6-17(2)22(20,21)8-3-4-9(10(13)5-8)12(14,15)16/h3-5,7H,6H2,1-2H3,(H,18,19). The summed E-state index contributed by atoms with van der Waals surface area (Å²) in [6, 6.07) is 1.22. The predicted molar refractivity (Wildman–Crippen MR) is 68.0 cm³/mol. The largest absolute Gasteiger partial charge is 0.481 e. The zero-order chi connectivity index (χ0) is 17.3. The third-order valence-corrected chi connectivity index (χ3v) is 4.73. The minimum absolute atomic E-state index is 0.264. The molecule has 0 saturated carbocycles. The molecule has 22 heavy (non-hydrogen) atoms. The SMILES string of the molecule is CC(CN(C)S(=O)(=O)c1ccc(C(F)(F)F)c(F)c1)C(=O)O. The predicted octanol–water partition coefficient (Wildman–Crippen LogP) is 2.19. The van der Waals surface area contributed by atoms with Crippen LogP contribution in [0.25, 0.3) is 0 Å². The van der Waals surface area contributed by atoms with Crippen LogP contribution < -0.4 is 0 Å². The van der Waals surface area contributed by atoms with Gasteiger partial charge < -0.3 is 5.11 Å². The highest BCUT2D eigenvalue weighted by Crippen LogP contribution is 2.32. The number of sulfonamides is 1. The van der Waals surface area contributed by atoms with Gasteiger partial charge >= 0.3 is 12.1 Å². The van der Waals surface area contributed by atoms with Crippen molar-refractivity contribution in [1.82, 2.24) is 4.31 Å². The molecule has 0 aromatic heterocycles. The normalized spacial score (nSPS) is 14.1. The van der Waals surface area contributed by atoms with Crippen molar-refractivity contribution in [3.8, 4) is 0 Å². The number of hydrogen-bond donors (Lipinski definition) is 1. The Morgan fingerprint density at radius 2 is 1.91 bits per heavy atom. The monoisotopic (exact) mass is 343 g/mol. The quantitative estimate of drug-likeness (QED) is 0.832. The zero-order valence-electron chi connectivity index (χ0n) is 11.6. The third kappa shape index (κ3) is 3.95. The molecule has 1 aromatic rings. The van der Waals surface area contributed by atoms with Gasteiger partial charge in [-0.15, -0.1) is 0 Å². The second-order valence-corrected chi connectivity index (χ2v) is 6.71. The molecule has 10 heteroatoms. The number of hydrogen-bond acceptors (Lipinski definition) is 3. The molecule has 0 heterocycles. The Hall–Kier alpha value is -1.68. The Morgan fingerprint density at radius 3 is 2.32 bits per heavy atom. The molecule has 5 nitrogen and oxygen atoms in total. The number of halogens is 4. The summed E-state index contributed by atoms with van der Waals surface area (Å²) < 4.78 is 75.6. The molecule has 1 N–H and O–H groups in total. The average Bonchev–Trinajstić information content (AvgIpc) is 2.36. The minimum Gasteiger partial charge on any atom is -0.481 e. The number of benzene rings is 1. The van der Waals surface area contributed by atoms with Crippen molar-refractivity contribution in [2.75, 3.05) is 13.6 Å². The van der Waals surface area contributed by atoms with Crippen LogP contribution in [0, 0.1) is 11.7 Å². The van der Waals surface area contributed by atoms with Crippen LogP contribution in [0.1, 0.15) is 12.5 Å². The van der Waals surface area contributed by atoms with E-state index in [1.807, 2.05) is 0 Å². The first-order chi connectivity index (χ1) is 9.87. The first-order valence-corrected chi connectivity index (χ1v) is 7.37. The van der Waals surface area contributed by atoms with Gasteiger partial charge in [-0.3, -0.25) is 4.79 Å². The van der Waals surface area contributed by atoms with Crippen molar-refractivity contribution in [3.05, 3.63) is 29.6 Å².